The van der Waals surface area contributed by atoms with E-state index in [1.54, 1.807) is 0 Å². The van der Waals surface area contributed by atoms with Crippen molar-refractivity contribution in [2.75, 3.05) is 0 Å². The van der Waals surface area contributed by atoms with E-state index in [4.69, 9.17) is 10.2 Å². The Kier molecular flexibility index (Phi) is 4.78. The van der Waals surface area contributed by atoms with Gasteiger partial charge in [0.2, 0.25) is 0 Å². The van der Waals surface area contributed by atoms with E-state index in [1.165, 1.54) is 0 Å². The number of ether oxygens (including phenoxy) is 1. The van der Waals surface area contributed by atoms with Crippen molar-refractivity contribution in [1.29, 1.82) is 0 Å². The second-order valence-corrected chi connectivity index (χ2v) is 0.961. The summed E-state index contributed by atoms with van der Waals surface area (Å²) in [7, 11) is 0. The van der Waals surface area contributed by atoms with Gasteiger partial charge in [-0.2, -0.15) is 0 Å². The largest absolute Gasteiger partial charge is 0.514 e. The maximum Gasteiger partial charge on any atom is 0.514 e. The zero-order valence-electron chi connectivity index (χ0n) is 4.73. The van der Waals surface area contributed by atoms with E-state index in [-0.39, 0.29) is 6.15 Å². The lowest BCUT2D eigenvalue weighted by Gasteiger charge is -1.88. The maximum atomic E-state index is 9.75. The summed E-state index contributed by atoms with van der Waals surface area (Å²) in [6.45, 7) is 0. The normalized spacial score (nSPS) is 7.20. The summed E-state index contributed by atoms with van der Waals surface area (Å²) in [6, 6.07) is 0. The third-order valence-corrected chi connectivity index (χ3v) is 0.355. The van der Waals surface area contributed by atoms with Crippen molar-refractivity contribution in [2.45, 2.75) is 0 Å². The first-order chi connectivity index (χ1) is 4.04. The van der Waals surface area contributed by atoms with Crippen molar-refractivity contribution in [2.24, 2.45) is 0 Å². The fraction of sp³-hybridized carbons (Fsp3) is 0. The minimum absolute atomic E-state index is 0. The maximum absolute atomic E-state index is 9.75. The molecule has 0 aromatic carbocycles. The van der Waals surface area contributed by atoms with Crippen molar-refractivity contribution in [3.05, 3.63) is 0 Å². The standard InChI is InChI=1S/C3H2O6.H3N/c4-1(5)2(6)9-3(7)8;/h(H,4,5)(H,7,8);1H3. The summed E-state index contributed by atoms with van der Waals surface area (Å²) in [4.78, 5) is 28.7. The lowest BCUT2D eigenvalue weighted by atomic mass is 10.7. The molecule has 0 atom stereocenters. The Bertz CT molecular complexity index is 162. The third-order valence-electron chi connectivity index (χ3n) is 0.355. The SMILES string of the molecule is N.O=C(O)OC(=O)C(=O)O. The zero-order chi connectivity index (χ0) is 7.44. The van der Waals surface area contributed by atoms with Gasteiger partial charge in [-0.3, -0.25) is 0 Å². The molecule has 0 aliphatic rings. The van der Waals surface area contributed by atoms with Crippen LogP contribution in [0.3, 0.4) is 0 Å². The zero-order valence-corrected chi connectivity index (χ0v) is 4.73. The summed E-state index contributed by atoms with van der Waals surface area (Å²) < 4.78 is 3.19. The fourth-order valence-electron chi connectivity index (χ4n) is 0.123. The molecular weight excluding hydrogens is 146 g/mol. The van der Waals surface area contributed by atoms with E-state index in [0.29, 0.717) is 0 Å². The highest BCUT2D eigenvalue weighted by Crippen LogP contribution is 1.77. The van der Waals surface area contributed by atoms with Crippen molar-refractivity contribution in [1.82, 2.24) is 6.15 Å². The molecule has 0 bridgehead atoms. The van der Waals surface area contributed by atoms with E-state index >= 15 is 0 Å². The smallest absolute Gasteiger partial charge is 0.473 e. The van der Waals surface area contributed by atoms with Crippen LogP contribution in [0.1, 0.15) is 0 Å². The second-order valence-electron chi connectivity index (χ2n) is 0.961. The van der Waals surface area contributed by atoms with Crippen LogP contribution < -0.4 is 6.15 Å². The molecule has 0 aliphatic heterocycles. The van der Waals surface area contributed by atoms with E-state index in [2.05, 4.69) is 4.74 Å². The monoisotopic (exact) mass is 151 g/mol. The molecule has 0 aliphatic carbocycles. The summed E-state index contributed by atoms with van der Waals surface area (Å²) >= 11 is 0. The Balaban J connectivity index is 0. The highest BCUT2D eigenvalue weighted by molar-refractivity contribution is 6.30. The molecule has 0 amide bonds. The highest BCUT2D eigenvalue weighted by Gasteiger charge is 2.16. The van der Waals surface area contributed by atoms with Gasteiger partial charge >= 0.3 is 18.1 Å². The molecule has 7 heteroatoms. The van der Waals surface area contributed by atoms with Crippen molar-refractivity contribution in [3.63, 3.8) is 0 Å². The summed E-state index contributed by atoms with van der Waals surface area (Å²) in [6.07, 6.45) is -1.93. The van der Waals surface area contributed by atoms with Crippen LogP contribution in [0.4, 0.5) is 4.79 Å². The number of carbonyl (C=O) groups is 3. The molecule has 0 unspecified atom stereocenters. The molecule has 0 radical (unpaired) electrons. The van der Waals surface area contributed by atoms with E-state index in [9.17, 15) is 14.4 Å². The van der Waals surface area contributed by atoms with Crippen LogP contribution in [0.25, 0.3) is 0 Å². The van der Waals surface area contributed by atoms with Crippen LogP contribution in [0.2, 0.25) is 0 Å². The van der Waals surface area contributed by atoms with Crippen LogP contribution >= 0.6 is 0 Å². The van der Waals surface area contributed by atoms with Gasteiger partial charge in [-0.05, 0) is 0 Å². The van der Waals surface area contributed by atoms with E-state index in [1.807, 2.05) is 0 Å². The predicted octanol–water partition coefficient (Wildman–Crippen LogP) is -0.546. The summed E-state index contributed by atoms with van der Waals surface area (Å²) in [5.41, 5.74) is 0. The lowest BCUT2D eigenvalue weighted by molar-refractivity contribution is -0.160. The quantitative estimate of drug-likeness (QED) is 0.240. The lowest BCUT2D eigenvalue weighted by Crippen LogP contribution is -2.19. The molecule has 58 valence electrons. The summed E-state index contributed by atoms with van der Waals surface area (Å²) in [5.74, 6) is -3.74. The van der Waals surface area contributed by atoms with Gasteiger partial charge in [0, 0.05) is 0 Å². The number of rotatable bonds is 0. The highest BCUT2D eigenvalue weighted by atomic mass is 16.7. The number of hydrogen-bond acceptors (Lipinski definition) is 5. The number of carboxylic acids is 1. The fourth-order valence-corrected chi connectivity index (χ4v) is 0.123. The second kappa shape index (κ2) is 4.27. The molecule has 0 saturated heterocycles. The van der Waals surface area contributed by atoms with Crippen LogP contribution in [0, 0.1) is 0 Å². The number of esters is 1. The van der Waals surface area contributed by atoms with Crippen LogP contribution in [-0.2, 0) is 14.3 Å². The molecule has 5 N–H and O–H groups in total. The van der Waals surface area contributed by atoms with Gasteiger partial charge in [0.15, 0.2) is 0 Å². The Morgan fingerprint density at radius 3 is 1.60 bits per heavy atom. The Labute approximate surface area is 54.8 Å². The minimum Gasteiger partial charge on any atom is -0.473 e. The van der Waals surface area contributed by atoms with Crippen molar-refractivity contribution >= 4 is 18.1 Å². The Hall–Kier alpha value is -1.63. The van der Waals surface area contributed by atoms with Gasteiger partial charge in [0.1, 0.15) is 0 Å². The van der Waals surface area contributed by atoms with Gasteiger partial charge in [-0.1, -0.05) is 0 Å². The van der Waals surface area contributed by atoms with Gasteiger partial charge in [0.05, 0.1) is 0 Å². The molecule has 10 heavy (non-hydrogen) atoms. The molecule has 7 nitrogen and oxygen atoms in total. The Morgan fingerprint density at radius 1 is 1.10 bits per heavy atom. The van der Waals surface area contributed by atoms with E-state index < -0.39 is 18.1 Å². The van der Waals surface area contributed by atoms with Gasteiger partial charge in [0.25, 0.3) is 0 Å². The van der Waals surface area contributed by atoms with E-state index in [0.717, 1.165) is 0 Å². The molecular formula is C3H5NO6. The number of hydrogen-bond donors (Lipinski definition) is 3. The van der Waals surface area contributed by atoms with Gasteiger partial charge in [-0.25, -0.2) is 14.4 Å². The molecule has 0 rings (SSSR count). The summed E-state index contributed by atoms with van der Waals surface area (Å²) in [5, 5.41) is 15.3. The predicted molar refractivity (Wildman–Crippen MR) is 26.8 cm³/mol. The Morgan fingerprint density at radius 2 is 1.50 bits per heavy atom. The van der Waals surface area contributed by atoms with Crippen molar-refractivity contribution in [3.8, 4) is 0 Å². The number of aliphatic carboxylic acids is 1. The van der Waals surface area contributed by atoms with Gasteiger partial charge < -0.3 is 21.1 Å². The first-order valence-electron chi connectivity index (χ1n) is 1.72. The third kappa shape index (κ3) is 4.53. The molecule has 0 heterocycles. The van der Waals surface area contributed by atoms with Crippen LogP contribution in [0.5, 0.6) is 0 Å². The number of carbonyl (C=O) groups excluding carboxylic acids is 1. The van der Waals surface area contributed by atoms with Gasteiger partial charge in [-0.15, -0.1) is 0 Å². The molecule has 0 saturated carbocycles. The average Bonchev–Trinajstić information content (AvgIpc) is 1.63. The average molecular weight is 151 g/mol. The first-order valence-corrected chi connectivity index (χ1v) is 1.72. The van der Waals surface area contributed by atoms with Crippen LogP contribution in [-0.4, -0.2) is 28.3 Å². The van der Waals surface area contributed by atoms with Crippen LogP contribution in [0.15, 0.2) is 0 Å². The number of carboxylic acid groups (broad SMARTS) is 2. The molecule has 0 spiro atoms. The molecule has 0 aromatic rings. The van der Waals surface area contributed by atoms with Crippen molar-refractivity contribution < 1.29 is 29.3 Å². The molecule has 0 aromatic heterocycles. The molecule has 0 fully saturated rings. The minimum atomic E-state index is -1.93. The topological polar surface area (TPSA) is 136 Å². The first kappa shape index (κ1) is 11.2.